The van der Waals surface area contributed by atoms with Crippen LogP contribution in [0.2, 0.25) is 0 Å². The Bertz CT molecular complexity index is 452. The third-order valence-corrected chi connectivity index (χ3v) is 4.72. The van der Waals surface area contributed by atoms with Crippen LogP contribution in [0.1, 0.15) is 19.3 Å². The molecule has 0 bridgehead atoms. The second-order valence-corrected chi connectivity index (χ2v) is 6.40. The highest BCUT2D eigenvalue weighted by Gasteiger charge is 2.28. The molecule has 2 fully saturated rings. The average Bonchev–Trinajstić information content (AvgIpc) is 2.75. The molecule has 0 saturated carbocycles. The van der Waals surface area contributed by atoms with Crippen molar-refractivity contribution in [1.82, 2.24) is 4.90 Å². The van der Waals surface area contributed by atoms with Crippen LogP contribution < -0.4 is 9.64 Å². The molecule has 3 rings (SSSR count). The SMILES string of the molecule is COc1cc(Br)cc(N2CCCN3CCCC3C2)c1. The van der Waals surface area contributed by atoms with Crippen molar-refractivity contribution in [3.05, 3.63) is 22.7 Å². The van der Waals surface area contributed by atoms with Crippen LogP contribution in [0.4, 0.5) is 5.69 Å². The maximum atomic E-state index is 5.38. The molecule has 0 radical (unpaired) electrons. The fourth-order valence-corrected chi connectivity index (χ4v) is 3.75. The number of halogens is 1. The molecule has 2 aliphatic rings. The summed E-state index contributed by atoms with van der Waals surface area (Å²) in [5.74, 6) is 0.928. The molecule has 2 saturated heterocycles. The van der Waals surface area contributed by atoms with E-state index in [1.54, 1.807) is 7.11 Å². The van der Waals surface area contributed by atoms with E-state index in [4.69, 9.17) is 4.74 Å². The van der Waals surface area contributed by atoms with Crippen LogP contribution >= 0.6 is 15.9 Å². The Morgan fingerprint density at radius 1 is 1.16 bits per heavy atom. The smallest absolute Gasteiger partial charge is 0.122 e. The summed E-state index contributed by atoms with van der Waals surface area (Å²) in [6, 6.07) is 7.11. The van der Waals surface area contributed by atoms with Gasteiger partial charge >= 0.3 is 0 Å². The summed E-state index contributed by atoms with van der Waals surface area (Å²) in [6.45, 7) is 4.85. The van der Waals surface area contributed by atoms with Crippen LogP contribution in [0.3, 0.4) is 0 Å². The van der Waals surface area contributed by atoms with Crippen molar-refractivity contribution in [2.45, 2.75) is 25.3 Å². The van der Waals surface area contributed by atoms with E-state index < -0.39 is 0 Å². The lowest BCUT2D eigenvalue weighted by Gasteiger charge is -2.27. The topological polar surface area (TPSA) is 15.7 Å². The van der Waals surface area contributed by atoms with Gasteiger partial charge < -0.3 is 9.64 Å². The zero-order valence-electron chi connectivity index (χ0n) is 11.4. The number of benzene rings is 1. The fraction of sp³-hybridized carbons (Fsp3) is 0.600. The van der Waals surface area contributed by atoms with Crippen molar-refractivity contribution in [1.29, 1.82) is 0 Å². The van der Waals surface area contributed by atoms with E-state index in [0.29, 0.717) is 0 Å². The van der Waals surface area contributed by atoms with Crippen LogP contribution in [0.5, 0.6) is 5.75 Å². The lowest BCUT2D eigenvalue weighted by molar-refractivity contribution is 0.273. The number of ether oxygens (including phenoxy) is 1. The first kappa shape index (κ1) is 13.3. The maximum absolute atomic E-state index is 5.38. The number of anilines is 1. The standard InChI is InChI=1S/C15H21BrN2O/c1-19-15-9-12(16)8-14(10-15)18-7-3-6-17-5-2-4-13(17)11-18/h8-10,13H,2-7,11H2,1H3. The molecule has 1 aromatic rings. The zero-order valence-corrected chi connectivity index (χ0v) is 13.0. The molecule has 0 aliphatic carbocycles. The molecule has 2 heterocycles. The van der Waals surface area contributed by atoms with Crippen molar-refractivity contribution in [3.8, 4) is 5.75 Å². The molecule has 1 atom stereocenters. The van der Waals surface area contributed by atoms with Crippen LogP contribution in [0.25, 0.3) is 0 Å². The Morgan fingerprint density at radius 2 is 2.00 bits per heavy atom. The Kier molecular flexibility index (Phi) is 3.99. The first-order valence-electron chi connectivity index (χ1n) is 7.10. The van der Waals surface area contributed by atoms with Crippen molar-refractivity contribution in [3.63, 3.8) is 0 Å². The lowest BCUT2D eigenvalue weighted by atomic mass is 10.2. The second-order valence-electron chi connectivity index (χ2n) is 5.48. The minimum absolute atomic E-state index is 0.743. The zero-order chi connectivity index (χ0) is 13.2. The van der Waals surface area contributed by atoms with Gasteiger partial charge in [-0.2, -0.15) is 0 Å². The van der Waals surface area contributed by atoms with Gasteiger partial charge in [0.2, 0.25) is 0 Å². The van der Waals surface area contributed by atoms with Crippen LogP contribution in [0.15, 0.2) is 22.7 Å². The highest BCUT2D eigenvalue weighted by atomic mass is 79.9. The van der Waals surface area contributed by atoms with Crippen molar-refractivity contribution in [2.75, 3.05) is 38.2 Å². The summed E-state index contributed by atoms with van der Waals surface area (Å²) >= 11 is 3.58. The van der Waals surface area contributed by atoms with E-state index in [1.165, 1.54) is 38.0 Å². The van der Waals surface area contributed by atoms with E-state index in [9.17, 15) is 0 Å². The Balaban J connectivity index is 1.82. The largest absolute Gasteiger partial charge is 0.497 e. The average molecular weight is 325 g/mol. The highest BCUT2D eigenvalue weighted by molar-refractivity contribution is 9.10. The summed E-state index contributed by atoms with van der Waals surface area (Å²) < 4.78 is 6.47. The molecule has 2 aliphatic heterocycles. The molecule has 19 heavy (non-hydrogen) atoms. The Hall–Kier alpha value is -0.740. The molecule has 4 heteroatoms. The van der Waals surface area contributed by atoms with Gasteiger partial charge in [0.1, 0.15) is 5.75 Å². The van der Waals surface area contributed by atoms with E-state index in [1.807, 2.05) is 6.07 Å². The van der Waals surface area contributed by atoms with Crippen molar-refractivity contribution >= 4 is 21.6 Å². The lowest BCUT2D eigenvalue weighted by Crippen LogP contribution is -2.36. The Morgan fingerprint density at radius 3 is 2.84 bits per heavy atom. The van der Waals surface area contributed by atoms with Gasteiger partial charge in [-0.1, -0.05) is 15.9 Å². The number of rotatable bonds is 2. The molecule has 1 aromatic carbocycles. The van der Waals surface area contributed by atoms with Gasteiger partial charge in [0.25, 0.3) is 0 Å². The Labute approximate surface area is 123 Å². The van der Waals surface area contributed by atoms with E-state index in [-0.39, 0.29) is 0 Å². The number of methoxy groups -OCH3 is 1. The summed E-state index contributed by atoms with van der Waals surface area (Å²) in [7, 11) is 1.73. The van der Waals surface area contributed by atoms with Gasteiger partial charge in [0.15, 0.2) is 0 Å². The first-order valence-corrected chi connectivity index (χ1v) is 7.89. The molecule has 0 aromatic heterocycles. The predicted molar refractivity (Wildman–Crippen MR) is 82.1 cm³/mol. The summed E-state index contributed by atoms with van der Waals surface area (Å²) in [6.07, 6.45) is 3.97. The van der Waals surface area contributed by atoms with Gasteiger partial charge in [-0.15, -0.1) is 0 Å². The number of hydrogen-bond donors (Lipinski definition) is 0. The molecule has 3 nitrogen and oxygen atoms in total. The van der Waals surface area contributed by atoms with E-state index >= 15 is 0 Å². The van der Waals surface area contributed by atoms with Crippen molar-refractivity contribution < 1.29 is 4.74 Å². The summed E-state index contributed by atoms with van der Waals surface area (Å²) in [5.41, 5.74) is 1.28. The van der Waals surface area contributed by atoms with Crippen LogP contribution in [0, 0.1) is 0 Å². The fourth-order valence-electron chi connectivity index (χ4n) is 3.29. The number of nitrogens with zero attached hydrogens (tertiary/aromatic N) is 2. The normalized spacial score (nSPS) is 24.1. The maximum Gasteiger partial charge on any atom is 0.122 e. The molecular weight excluding hydrogens is 304 g/mol. The molecule has 1 unspecified atom stereocenters. The second kappa shape index (κ2) is 5.71. The highest BCUT2D eigenvalue weighted by Crippen LogP contribution is 2.30. The van der Waals surface area contributed by atoms with Gasteiger partial charge in [-0.25, -0.2) is 0 Å². The van der Waals surface area contributed by atoms with Gasteiger partial charge in [0, 0.05) is 41.9 Å². The third-order valence-electron chi connectivity index (χ3n) is 4.26. The number of hydrogen-bond acceptors (Lipinski definition) is 3. The van der Waals surface area contributed by atoms with Gasteiger partial charge in [0.05, 0.1) is 7.11 Å². The molecule has 0 amide bonds. The van der Waals surface area contributed by atoms with E-state index in [0.717, 1.165) is 29.4 Å². The molecule has 0 N–H and O–H groups in total. The van der Waals surface area contributed by atoms with Gasteiger partial charge in [-0.05, 0) is 37.9 Å². The first-order chi connectivity index (χ1) is 9.26. The van der Waals surface area contributed by atoms with E-state index in [2.05, 4.69) is 37.9 Å². The quantitative estimate of drug-likeness (QED) is 0.831. The molecule has 104 valence electrons. The van der Waals surface area contributed by atoms with Gasteiger partial charge in [-0.3, -0.25) is 4.90 Å². The summed E-state index contributed by atoms with van der Waals surface area (Å²) in [5, 5.41) is 0. The van der Waals surface area contributed by atoms with Crippen molar-refractivity contribution in [2.24, 2.45) is 0 Å². The minimum atomic E-state index is 0.743. The summed E-state index contributed by atoms with van der Waals surface area (Å²) in [4.78, 5) is 5.18. The third kappa shape index (κ3) is 2.90. The number of fused-ring (bicyclic) bond motifs is 1. The van der Waals surface area contributed by atoms with Crippen LogP contribution in [-0.4, -0.2) is 44.2 Å². The minimum Gasteiger partial charge on any atom is -0.497 e. The van der Waals surface area contributed by atoms with Crippen LogP contribution in [-0.2, 0) is 0 Å². The monoisotopic (exact) mass is 324 g/mol. The molecule has 0 spiro atoms. The predicted octanol–water partition coefficient (Wildman–Crippen LogP) is 3.13. The molecular formula is C15H21BrN2O.